The quantitative estimate of drug-likeness (QED) is 0.921. The number of ether oxygens (including phenoxy) is 1. The molecule has 2 N–H and O–H groups in total. The lowest BCUT2D eigenvalue weighted by atomic mass is 9.99. The lowest BCUT2D eigenvalue weighted by molar-refractivity contribution is -0.0205. The van der Waals surface area contributed by atoms with Crippen LogP contribution in [0.1, 0.15) is 38.7 Å². The summed E-state index contributed by atoms with van der Waals surface area (Å²) in [5, 5.41) is 0. The molecule has 100 valence electrons. The Hall–Kier alpha value is -0.380. The van der Waals surface area contributed by atoms with Crippen molar-refractivity contribution in [3.8, 4) is 0 Å². The third-order valence-corrected chi connectivity index (χ3v) is 4.33. The fourth-order valence-electron chi connectivity index (χ4n) is 2.61. The number of benzene rings is 1. The molecule has 1 aromatic rings. The molecule has 2 rings (SSSR count). The number of hydrogen-bond donors (Lipinski definition) is 1. The summed E-state index contributed by atoms with van der Waals surface area (Å²) in [7, 11) is 0. The van der Waals surface area contributed by atoms with Gasteiger partial charge in [0.25, 0.3) is 0 Å². The highest BCUT2D eigenvalue weighted by Crippen LogP contribution is 2.31. The average molecular weight is 312 g/mol. The molecule has 2 nitrogen and oxygen atoms in total. The zero-order chi connectivity index (χ0) is 13.2. The smallest absolute Gasteiger partial charge is 0.0631 e. The van der Waals surface area contributed by atoms with E-state index in [9.17, 15) is 0 Å². The van der Waals surface area contributed by atoms with E-state index < -0.39 is 0 Å². The highest BCUT2D eigenvalue weighted by Gasteiger charge is 2.32. The molecule has 0 amide bonds. The van der Waals surface area contributed by atoms with Gasteiger partial charge in [0.15, 0.2) is 0 Å². The van der Waals surface area contributed by atoms with Crippen molar-refractivity contribution in [3.05, 3.63) is 34.3 Å². The van der Waals surface area contributed by atoms with Crippen LogP contribution in [0, 0.1) is 0 Å². The largest absolute Gasteiger partial charge is 0.372 e. The number of nitrogens with two attached hydrogens (primary N) is 1. The lowest BCUT2D eigenvalue weighted by Crippen LogP contribution is -2.30. The topological polar surface area (TPSA) is 35.2 Å². The summed E-state index contributed by atoms with van der Waals surface area (Å²) in [4.78, 5) is 0. The van der Waals surface area contributed by atoms with Crippen LogP contribution in [0.25, 0.3) is 0 Å². The van der Waals surface area contributed by atoms with Crippen molar-refractivity contribution in [2.45, 2.75) is 57.3 Å². The van der Waals surface area contributed by atoms with E-state index in [1.54, 1.807) is 0 Å². The van der Waals surface area contributed by atoms with Crippen LogP contribution in [0.15, 0.2) is 28.7 Å². The number of rotatable bonds is 4. The first-order valence-electron chi connectivity index (χ1n) is 6.63. The minimum absolute atomic E-state index is 0.0394. The summed E-state index contributed by atoms with van der Waals surface area (Å²) in [5.74, 6) is 0. The van der Waals surface area contributed by atoms with Gasteiger partial charge in [0, 0.05) is 10.5 Å². The fourth-order valence-corrected chi connectivity index (χ4v) is 3.06. The van der Waals surface area contributed by atoms with Crippen LogP contribution in [-0.4, -0.2) is 17.7 Å². The van der Waals surface area contributed by atoms with Crippen LogP contribution in [0.3, 0.4) is 0 Å². The van der Waals surface area contributed by atoms with Crippen molar-refractivity contribution in [1.29, 1.82) is 0 Å². The molecule has 0 aliphatic carbocycles. The number of halogens is 1. The van der Waals surface area contributed by atoms with Gasteiger partial charge in [-0.2, -0.15) is 0 Å². The van der Waals surface area contributed by atoms with E-state index in [0.717, 1.165) is 30.2 Å². The Labute approximate surface area is 118 Å². The van der Waals surface area contributed by atoms with E-state index >= 15 is 0 Å². The van der Waals surface area contributed by atoms with Crippen molar-refractivity contribution >= 4 is 15.9 Å². The molecule has 0 spiro atoms. The molecule has 2 atom stereocenters. The Morgan fingerprint density at radius 1 is 1.44 bits per heavy atom. The number of hydrogen-bond acceptors (Lipinski definition) is 2. The van der Waals surface area contributed by atoms with Gasteiger partial charge in [-0.3, -0.25) is 0 Å². The minimum atomic E-state index is 0.0394. The van der Waals surface area contributed by atoms with Gasteiger partial charge in [0.2, 0.25) is 0 Å². The molecule has 0 bridgehead atoms. The van der Waals surface area contributed by atoms with Crippen LogP contribution >= 0.6 is 15.9 Å². The van der Waals surface area contributed by atoms with E-state index in [4.69, 9.17) is 10.5 Å². The average Bonchev–Trinajstić information content (AvgIpc) is 2.61. The van der Waals surface area contributed by atoms with Crippen molar-refractivity contribution in [1.82, 2.24) is 0 Å². The lowest BCUT2D eigenvalue weighted by Gasteiger charge is -2.21. The second kappa shape index (κ2) is 5.72. The summed E-state index contributed by atoms with van der Waals surface area (Å²) >= 11 is 3.57. The molecule has 1 aliphatic heterocycles. The van der Waals surface area contributed by atoms with Crippen LogP contribution in [0.5, 0.6) is 0 Å². The molecule has 1 fully saturated rings. The zero-order valence-corrected chi connectivity index (χ0v) is 12.7. The van der Waals surface area contributed by atoms with Gasteiger partial charge in [0.1, 0.15) is 0 Å². The molecular formula is C15H22BrNO. The van der Waals surface area contributed by atoms with E-state index in [2.05, 4.69) is 48.0 Å². The summed E-state index contributed by atoms with van der Waals surface area (Å²) < 4.78 is 7.14. The van der Waals surface area contributed by atoms with Crippen LogP contribution in [0.4, 0.5) is 0 Å². The van der Waals surface area contributed by atoms with Crippen molar-refractivity contribution in [3.63, 3.8) is 0 Å². The van der Waals surface area contributed by atoms with Crippen molar-refractivity contribution < 1.29 is 4.74 Å². The maximum atomic E-state index is 6.24. The third-order valence-electron chi connectivity index (χ3n) is 3.56. The first kappa shape index (κ1) is 14.0. The molecule has 0 aromatic heterocycles. The molecule has 18 heavy (non-hydrogen) atoms. The fraction of sp³-hybridized carbons (Fsp3) is 0.600. The van der Waals surface area contributed by atoms with E-state index in [1.165, 1.54) is 5.56 Å². The first-order valence-corrected chi connectivity index (χ1v) is 7.42. The molecule has 0 saturated carbocycles. The molecular weight excluding hydrogens is 290 g/mol. The summed E-state index contributed by atoms with van der Waals surface area (Å²) in [5.41, 5.74) is 7.56. The molecule has 3 heteroatoms. The normalized spacial score (nSPS) is 24.1. The third kappa shape index (κ3) is 3.81. The van der Waals surface area contributed by atoms with Crippen molar-refractivity contribution in [2.75, 3.05) is 0 Å². The predicted octanol–water partition coefficient (Wildman–Crippen LogP) is 3.67. The molecule has 1 aromatic carbocycles. The van der Waals surface area contributed by atoms with Gasteiger partial charge >= 0.3 is 0 Å². The standard InChI is InChI=1S/C15H22BrNO/c1-15(2)8-7-13(18-15)10-12(17)9-11-5-3-4-6-14(11)16/h3-6,12-13H,7-10,17H2,1-2H3. The Morgan fingerprint density at radius 2 is 2.17 bits per heavy atom. The Balaban J connectivity index is 1.86. The Morgan fingerprint density at radius 3 is 2.78 bits per heavy atom. The highest BCUT2D eigenvalue weighted by atomic mass is 79.9. The minimum Gasteiger partial charge on any atom is -0.372 e. The monoisotopic (exact) mass is 311 g/mol. The Kier molecular flexibility index (Phi) is 4.46. The van der Waals surface area contributed by atoms with Gasteiger partial charge < -0.3 is 10.5 Å². The zero-order valence-electron chi connectivity index (χ0n) is 11.2. The highest BCUT2D eigenvalue weighted by molar-refractivity contribution is 9.10. The van der Waals surface area contributed by atoms with Gasteiger partial charge in [0.05, 0.1) is 11.7 Å². The first-order chi connectivity index (χ1) is 8.46. The van der Waals surface area contributed by atoms with Gasteiger partial charge in [-0.05, 0) is 51.2 Å². The van der Waals surface area contributed by atoms with Gasteiger partial charge in [-0.25, -0.2) is 0 Å². The molecule has 1 saturated heterocycles. The molecule has 2 unspecified atom stereocenters. The van der Waals surface area contributed by atoms with Crippen LogP contribution in [-0.2, 0) is 11.2 Å². The maximum Gasteiger partial charge on any atom is 0.0631 e. The van der Waals surface area contributed by atoms with Crippen LogP contribution < -0.4 is 5.73 Å². The molecule has 1 heterocycles. The second-order valence-electron chi connectivity index (χ2n) is 5.83. The summed E-state index contributed by atoms with van der Waals surface area (Å²) in [6, 6.07) is 8.45. The van der Waals surface area contributed by atoms with E-state index in [-0.39, 0.29) is 11.6 Å². The summed E-state index contributed by atoms with van der Waals surface area (Å²) in [6.07, 6.45) is 4.46. The predicted molar refractivity (Wildman–Crippen MR) is 78.6 cm³/mol. The second-order valence-corrected chi connectivity index (χ2v) is 6.68. The van der Waals surface area contributed by atoms with Crippen LogP contribution in [0.2, 0.25) is 0 Å². The molecule has 0 radical (unpaired) electrons. The van der Waals surface area contributed by atoms with E-state index in [0.29, 0.717) is 6.10 Å². The van der Waals surface area contributed by atoms with Crippen molar-refractivity contribution in [2.24, 2.45) is 5.73 Å². The summed E-state index contributed by atoms with van der Waals surface area (Å²) in [6.45, 7) is 4.32. The van der Waals surface area contributed by atoms with Gasteiger partial charge in [-0.15, -0.1) is 0 Å². The SMILES string of the molecule is CC1(C)CCC(CC(N)Cc2ccccc2Br)O1. The maximum absolute atomic E-state index is 6.24. The Bertz CT molecular complexity index is 405. The van der Waals surface area contributed by atoms with E-state index in [1.807, 2.05) is 6.07 Å². The van der Waals surface area contributed by atoms with Gasteiger partial charge in [-0.1, -0.05) is 34.1 Å². The molecule has 1 aliphatic rings.